The first-order valence-corrected chi connectivity index (χ1v) is 6.19. The highest BCUT2D eigenvalue weighted by molar-refractivity contribution is 5.94. The van der Waals surface area contributed by atoms with E-state index in [-0.39, 0.29) is 11.9 Å². The summed E-state index contributed by atoms with van der Waals surface area (Å²) in [4.78, 5) is 11.9. The van der Waals surface area contributed by atoms with Gasteiger partial charge in [-0.3, -0.25) is 4.79 Å². The van der Waals surface area contributed by atoms with Crippen molar-refractivity contribution in [1.82, 2.24) is 5.32 Å². The van der Waals surface area contributed by atoms with Crippen LogP contribution in [-0.2, 0) is 0 Å². The molecule has 0 spiro atoms. The van der Waals surface area contributed by atoms with Gasteiger partial charge in [-0.05, 0) is 43.5 Å². The van der Waals surface area contributed by atoms with Crippen LogP contribution in [0.4, 0.5) is 5.69 Å². The van der Waals surface area contributed by atoms with Crippen LogP contribution < -0.4 is 11.1 Å². The molecule has 0 heterocycles. The molecule has 0 fully saturated rings. The minimum atomic E-state index is -0.0270. The molecule has 3 nitrogen and oxygen atoms in total. The topological polar surface area (TPSA) is 55.1 Å². The minimum absolute atomic E-state index is 0.0270. The third-order valence-corrected chi connectivity index (χ3v) is 3.00. The lowest BCUT2D eigenvalue weighted by atomic mass is 10.00. The van der Waals surface area contributed by atoms with Gasteiger partial charge in [-0.25, -0.2) is 0 Å². The zero-order valence-electron chi connectivity index (χ0n) is 10.9. The Kier molecular flexibility index (Phi) is 5.01. The summed E-state index contributed by atoms with van der Waals surface area (Å²) in [5.74, 6) is 0.609. The number of nitrogens with two attached hydrogens (primary N) is 1. The molecule has 3 N–H and O–H groups in total. The first-order valence-electron chi connectivity index (χ1n) is 6.19. The number of hydrogen-bond donors (Lipinski definition) is 2. The van der Waals surface area contributed by atoms with Crippen LogP contribution >= 0.6 is 0 Å². The van der Waals surface area contributed by atoms with Crippen LogP contribution in [0.1, 0.15) is 44.0 Å². The molecule has 2 unspecified atom stereocenters. The second kappa shape index (κ2) is 6.28. The summed E-state index contributed by atoms with van der Waals surface area (Å²) >= 11 is 0. The van der Waals surface area contributed by atoms with E-state index >= 15 is 0 Å². The Labute approximate surface area is 103 Å². The van der Waals surface area contributed by atoms with Crippen molar-refractivity contribution in [2.24, 2.45) is 5.92 Å². The van der Waals surface area contributed by atoms with E-state index in [0.717, 1.165) is 12.8 Å². The fraction of sp³-hybridized carbons (Fsp3) is 0.500. The summed E-state index contributed by atoms with van der Waals surface area (Å²) < 4.78 is 0. The summed E-state index contributed by atoms with van der Waals surface area (Å²) in [6.45, 7) is 6.41. The van der Waals surface area contributed by atoms with Crippen LogP contribution in [-0.4, -0.2) is 11.9 Å². The van der Waals surface area contributed by atoms with Crippen molar-refractivity contribution in [2.45, 2.75) is 39.7 Å². The van der Waals surface area contributed by atoms with Gasteiger partial charge in [0, 0.05) is 17.3 Å². The van der Waals surface area contributed by atoms with Crippen LogP contribution in [0.25, 0.3) is 0 Å². The lowest BCUT2D eigenvalue weighted by Crippen LogP contribution is -2.33. The molecule has 1 aromatic carbocycles. The number of nitrogens with one attached hydrogen (secondary N) is 1. The smallest absolute Gasteiger partial charge is 0.251 e. The molecule has 2 atom stereocenters. The van der Waals surface area contributed by atoms with Crippen LogP contribution in [0.2, 0.25) is 0 Å². The van der Waals surface area contributed by atoms with E-state index in [9.17, 15) is 4.79 Å². The summed E-state index contributed by atoms with van der Waals surface area (Å²) in [5, 5.41) is 3.00. The van der Waals surface area contributed by atoms with Crippen LogP contribution in [0.3, 0.4) is 0 Å². The lowest BCUT2D eigenvalue weighted by Gasteiger charge is -2.17. The molecular formula is C14H22N2O. The second-order valence-corrected chi connectivity index (χ2v) is 4.75. The predicted octanol–water partition coefficient (Wildman–Crippen LogP) is 2.82. The number of hydrogen-bond acceptors (Lipinski definition) is 2. The highest BCUT2D eigenvalue weighted by Crippen LogP contribution is 2.11. The summed E-state index contributed by atoms with van der Waals surface area (Å²) in [5.41, 5.74) is 6.92. The first-order chi connectivity index (χ1) is 8.02. The van der Waals surface area contributed by atoms with Gasteiger partial charge in [0.1, 0.15) is 0 Å². The number of carbonyl (C=O) groups excluding carboxylic acids is 1. The van der Waals surface area contributed by atoms with Crippen molar-refractivity contribution in [3.8, 4) is 0 Å². The van der Waals surface area contributed by atoms with Crippen molar-refractivity contribution < 1.29 is 4.79 Å². The highest BCUT2D eigenvalue weighted by atomic mass is 16.1. The maximum Gasteiger partial charge on any atom is 0.251 e. The van der Waals surface area contributed by atoms with Crippen molar-refractivity contribution >= 4 is 11.6 Å². The van der Waals surface area contributed by atoms with Gasteiger partial charge < -0.3 is 11.1 Å². The van der Waals surface area contributed by atoms with Gasteiger partial charge in [0.2, 0.25) is 0 Å². The molecule has 0 saturated heterocycles. The molecule has 0 saturated carbocycles. The van der Waals surface area contributed by atoms with E-state index < -0.39 is 0 Å². The Morgan fingerprint density at radius 2 is 1.88 bits per heavy atom. The molecular weight excluding hydrogens is 212 g/mol. The minimum Gasteiger partial charge on any atom is -0.399 e. The largest absolute Gasteiger partial charge is 0.399 e. The number of carbonyl (C=O) groups is 1. The average Bonchev–Trinajstić information content (AvgIpc) is 2.29. The number of rotatable bonds is 5. The molecule has 1 aromatic rings. The lowest BCUT2D eigenvalue weighted by molar-refractivity contribution is 0.0935. The molecule has 1 rings (SSSR count). The number of benzene rings is 1. The van der Waals surface area contributed by atoms with E-state index in [4.69, 9.17) is 5.73 Å². The summed E-state index contributed by atoms with van der Waals surface area (Å²) in [6, 6.07) is 7.19. The third kappa shape index (κ3) is 4.47. The number of amides is 1. The predicted molar refractivity (Wildman–Crippen MR) is 71.9 cm³/mol. The highest BCUT2D eigenvalue weighted by Gasteiger charge is 2.11. The summed E-state index contributed by atoms with van der Waals surface area (Å²) in [6.07, 6.45) is 2.15. The van der Waals surface area contributed by atoms with Gasteiger partial charge >= 0.3 is 0 Å². The monoisotopic (exact) mass is 234 g/mol. The fourth-order valence-corrected chi connectivity index (χ4v) is 1.77. The Bertz CT molecular complexity index is 359. The molecule has 0 bridgehead atoms. The van der Waals surface area contributed by atoms with Crippen molar-refractivity contribution in [3.63, 3.8) is 0 Å². The number of nitrogen functional groups attached to an aromatic ring is 1. The Hall–Kier alpha value is -1.51. The van der Waals surface area contributed by atoms with Gasteiger partial charge in [-0.2, -0.15) is 0 Å². The number of anilines is 1. The molecule has 0 radical (unpaired) electrons. The SMILES string of the molecule is CCC(C)CC(C)NC(=O)c1ccc(N)cc1. The molecule has 0 aliphatic carbocycles. The Morgan fingerprint density at radius 1 is 1.29 bits per heavy atom. The molecule has 3 heteroatoms. The van der Waals surface area contributed by atoms with Crippen LogP contribution in [0, 0.1) is 5.92 Å². The molecule has 17 heavy (non-hydrogen) atoms. The quantitative estimate of drug-likeness (QED) is 0.770. The van der Waals surface area contributed by atoms with Gasteiger partial charge in [0.25, 0.3) is 5.91 Å². The molecule has 94 valence electrons. The summed E-state index contributed by atoms with van der Waals surface area (Å²) in [7, 11) is 0. The van der Waals surface area contributed by atoms with E-state index in [1.54, 1.807) is 24.3 Å². The van der Waals surface area contributed by atoms with Crippen molar-refractivity contribution in [2.75, 3.05) is 5.73 Å². The Balaban J connectivity index is 2.51. The molecule has 0 aliphatic rings. The van der Waals surface area contributed by atoms with E-state index in [1.165, 1.54) is 0 Å². The fourth-order valence-electron chi connectivity index (χ4n) is 1.77. The first kappa shape index (κ1) is 13.6. The van der Waals surface area contributed by atoms with E-state index in [2.05, 4.69) is 19.2 Å². The van der Waals surface area contributed by atoms with Crippen LogP contribution in [0.15, 0.2) is 24.3 Å². The average molecular weight is 234 g/mol. The molecule has 0 aliphatic heterocycles. The molecule has 0 aromatic heterocycles. The van der Waals surface area contributed by atoms with Crippen LogP contribution in [0.5, 0.6) is 0 Å². The Morgan fingerprint density at radius 3 is 2.41 bits per heavy atom. The standard InChI is InChI=1S/C14H22N2O/c1-4-10(2)9-11(3)16-14(17)12-5-7-13(15)8-6-12/h5-8,10-11H,4,9,15H2,1-3H3,(H,16,17). The van der Waals surface area contributed by atoms with Gasteiger partial charge in [-0.1, -0.05) is 20.3 Å². The van der Waals surface area contributed by atoms with E-state index in [1.807, 2.05) is 6.92 Å². The second-order valence-electron chi connectivity index (χ2n) is 4.75. The maximum atomic E-state index is 11.9. The maximum absolute atomic E-state index is 11.9. The van der Waals surface area contributed by atoms with Crippen molar-refractivity contribution in [1.29, 1.82) is 0 Å². The molecule has 1 amide bonds. The van der Waals surface area contributed by atoms with Crippen molar-refractivity contribution in [3.05, 3.63) is 29.8 Å². The third-order valence-electron chi connectivity index (χ3n) is 3.00. The van der Waals surface area contributed by atoms with E-state index in [0.29, 0.717) is 17.2 Å². The zero-order chi connectivity index (χ0) is 12.8. The normalized spacial score (nSPS) is 14.1. The van der Waals surface area contributed by atoms with Gasteiger partial charge in [-0.15, -0.1) is 0 Å². The van der Waals surface area contributed by atoms with Gasteiger partial charge in [0.05, 0.1) is 0 Å². The van der Waals surface area contributed by atoms with Gasteiger partial charge in [0.15, 0.2) is 0 Å². The zero-order valence-corrected chi connectivity index (χ0v) is 10.9.